The summed E-state index contributed by atoms with van der Waals surface area (Å²) in [5, 5.41) is 1.18. The van der Waals surface area contributed by atoms with E-state index < -0.39 is 5.97 Å². The van der Waals surface area contributed by atoms with Crippen molar-refractivity contribution in [2.75, 3.05) is 7.11 Å². The molecule has 6 nitrogen and oxygen atoms in total. The Morgan fingerprint density at radius 3 is 2.44 bits per heavy atom. The Labute approximate surface area is 148 Å². The van der Waals surface area contributed by atoms with E-state index >= 15 is 0 Å². The number of carbonyl (C=O) groups excluding carboxylic acids is 3. The quantitative estimate of drug-likeness (QED) is 0.603. The Hall–Kier alpha value is -2.37. The van der Waals surface area contributed by atoms with Crippen LogP contribution in [0.15, 0.2) is 18.2 Å². The van der Waals surface area contributed by atoms with Gasteiger partial charge in [0.15, 0.2) is 6.29 Å². The summed E-state index contributed by atoms with van der Waals surface area (Å²) in [4.78, 5) is 41.5. The number of rotatable bonds is 5. The van der Waals surface area contributed by atoms with Crippen molar-refractivity contribution in [3.05, 3.63) is 29.3 Å². The molecule has 1 aliphatic rings. The van der Waals surface area contributed by atoms with Gasteiger partial charge in [0.2, 0.25) is 0 Å². The number of nitrogens with zero attached hydrogens (tertiary/aromatic N) is 1. The zero-order chi connectivity index (χ0) is 18.4. The van der Waals surface area contributed by atoms with Crippen LogP contribution in [0.2, 0.25) is 0 Å². The minimum atomic E-state index is -0.645. The van der Waals surface area contributed by atoms with Gasteiger partial charge in [-0.05, 0) is 44.9 Å². The number of carbonyl (C=O) groups is 3. The third kappa shape index (κ3) is 4.59. The summed E-state index contributed by atoms with van der Waals surface area (Å²) in [5.41, 5.74) is 0.572. The molecule has 1 aromatic carbocycles. The first-order chi connectivity index (χ1) is 12.0. The zero-order valence-electron chi connectivity index (χ0n) is 15.0. The Bertz CT molecular complexity index is 635. The van der Waals surface area contributed by atoms with E-state index in [0.717, 1.165) is 32.1 Å². The summed E-state index contributed by atoms with van der Waals surface area (Å²) in [7, 11) is 1.42. The first-order valence-electron chi connectivity index (χ1n) is 8.66. The van der Waals surface area contributed by atoms with E-state index in [4.69, 9.17) is 9.57 Å². The molecule has 0 aromatic heterocycles. The van der Waals surface area contributed by atoms with Crippen molar-refractivity contribution in [2.45, 2.75) is 52.0 Å². The van der Waals surface area contributed by atoms with Gasteiger partial charge in [-0.1, -0.05) is 19.3 Å². The number of hydroxylamine groups is 2. The summed E-state index contributed by atoms with van der Waals surface area (Å²) in [6, 6.07) is 4.16. The van der Waals surface area contributed by atoms with E-state index in [9.17, 15) is 14.4 Å². The molecule has 0 atom stereocenters. The second-order valence-corrected chi connectivity index (χ2v) is 6.55. The van der Waals surface area contributed by atoms with E-state index in [0.29, 0.717) is 17.6 Å². The van der Waals surface area contributed by atoms with Crippen LogP contribution in [-0.2, 0) is 9.63 Å². The van der Waals surface area contributed by atoms with Crippen molar-refractivity contribution < 1.29 is 24.0 Å². The summed E-state index contributed by atoms with van der Waals surface area (Å²) < 4.78 is 5.10. The molecule has 1 fully saturated rings. The van der Waals surface area contributed by atoms with Crippen LogP contribution in [0.5, 0.6) is 5.75 Å². The van der Waals surface area contributed by atoms with Crippen LogP contribution in [0.4, 0.5) is 0 Å². The normalized spacial score (nSPS) is 14.9. The number of ether oxygens (including phenoxy) is 1. The number of hydrogen-bond donors (Lipinski definition) is 0. The summed E-state index contributed by atoms with van der Waals surface area (Å²) in [5.74, 6) is -0.580. The Balaban J connectivity index is 2.14. The first-order valence-corrected chi connectivity index (χ1v) is 8.66. The maximum atomic E-state index is 12.7. The van der Waals surface area contributed by atoms with Crippen LogP contribution < -0.4 is 4.74 Å². The molecular weight excluding hydrogens is 322 g/mol. The van der Waals surface area contributed by atoms with Gasteiger partial charge in [0, 0.05) is 5.92 Å². The number of aldehydes is 1. The molecule has 0 N–H and O–H groups in total. The van der Waals surface area contributed by atoms with E-state index in [1.165, 1.54) is 30.4 Å². The molecule has 6 heteroatoms. The van der Waals surface area contributed by atoms with E-state index in [2.05, 4.69) is 0 Å². The van der Waals surface area contributed by atoms with Crippen LogP contribution >= 0.6 is 0 Å². The van der Waals surface area contributed by atoms with Crippen LogP contribution in [0.25, 0.3) is 0 Å². The van der Waals surface area contributed by atoms with Crippen LogP contribution in [0, 0.1) is 5.92 Å². The van der Waals surface area contributed by atoms with Gasteiger partial charge in [-0.3, -0.25) is 9.59 Å². The highest BCUT2D eigenvalue weighted by Crippen LogP contribution is 2.27. The average molecular weight is 347 g/mol. The second kappa shape index (κ2) is 8.65. The molecule has 0 aliphatic heterocycles. The summed E-state index contributed by atoms with van der Waals surface area (Å²) in [6.45, 7) is 3.62. The fraction of sp³-hybridized carbons (Fsp3) is 0.526. The van der Waals surface area contributed by atoms with Gasteiger partial charge >= 0.3 is 5.97 Å². The van der Waals surface area contributed by atoms with Gasteiger partial charge in [0.05, 0.1) is 24.3 Å². The van der Waals surface area contributed by atoms with Gasteiger partial charge in [0.1, 0.15) is 5.75 Å². The topological polar surface area (TPSA) is 72.9 Å². The third-order valence-corrected chi connectivity index (χ3v) is 4.42. The molecule has 25 heavy (non-hydrogen) atoms. The van der Waals surface area contributed by atoms with Crippen molar-refractivity contribution in [1.29, 1.82) is 0 Å². The SMILES string of the molecule is COc1cc(C(=O)ON(C(=O)C2CCCCC2)C(C)C)ccc1C=O. The van der Waals surface area contributed by atoms with Crippen LogP contribution in [-0.4, -0.2) is 36.4 Å². The van der Waals surface area contributed by atoms with Crippen molar-refractivity contribution >= 4 is 18.2 Å². The molecule has 0 radical (unpaired) electrons. The molecule has 1 aliphatic carbocycles. The monoisotopic (exact) mass is 347 g/mol. The van der Waals surface area contributed by atoms with Crippen molar-refractivity contribution in [3.8, 4) is 5.75 Å². The van der Waals surface area contributed by atoms with Gasteiger partial charge in [-0.15, -0.1) is 0 Å². The lowest BCUT2D eigenvalue weighted by atomic mass is 9.88. The van der Waals surface area contributed by atoms with E-state index in [1.54, 1.807) is 0 Å². The molecule has 136 valence electrons. The molecule has 0 saturated heterocycles. The lowest BCUT2D eigenvalue weighted by Crippen LogP contribution is -2.42. The molecule has 0 unspecified atom stereocenters. The lowest BCUT2D eigenvalue weighted by Gasteiger charge is -2.30. The fourth-order valence-corrected chi connectivity index (χ4v) is 3.01. The highest BCUT2D eigenvalue weighted by molar-refractivity contribution is 5.92. The maximum Gasteiger partial charge on any atom is 0.363 e. The minimum absolute atomic E-state index is 0.0871. The summed E-state index contributed by atoms with van der Waals surface area (Å²) in [6.07, 6.45) is 5.53. The number of amides is 1. The molecular formula is C19H25NO5. The van der Waals surface area contributed by atoms with Gasteiger partial charge in [0.25, 0.3) is 5.91 Å². The Kier molecular flexibility index (Phi) is 6.56. The zero-order valence-corrected chi connectivity index (χ0v) is 15.0. The van der Waals surface area contributed by atoms with Crippen LogP contribution in [0.1, 0.15) is 66.7 Å². The van der Waals surface area contributed by atoms with Crippen molar-refractivity contribution in [2.24, 2.45) is 5.92 Å². The highest BCUT2D eigenvalue weighted by atomic mass is 16.7. The van der Waals surface area contributed by atoms with Gasteiger partial charge in [-0.25, -0.2) is 4.79 Å². The molecule has 0 heterocycles. The smallest absolute Gasteiger partial charge is 0.363 e. The summed E-state index contributed by atoms with van der Waals surface area (Å²) >= 11 is 0. The van der Waals surface area contributed by atoms with Crippen LogP contribution in [0.3, 0.4) is 0 Å². The number of methoxy groups -OCH3 is 1. The van der Waals surface area contributed by atoms with Crippen molar-refractivity contribution in [1.82, 2.24) is 5.06 Å². The maximum absolute atomic E-state index is 12.7. The van der Waals surface area contributed by atoms with E-state index in [-0.39, 0.29) is 23.4 Å². The first kappa shape index (κ1) is 19.0. The second-order valence-electron chi connectivity index (χ2n) is 6.55. The minimum Gasteiger partial charge on any atom is -0.496 e. The van der Waals surface area contributed by atoms with Gasteiger partial charge in [-0.2, -0.15) is 5.06 Å². The standard InChI is InChI=1S/C19H25NO5/c1-13(2)20(18(22)14-7-5-4-6-8-14)25-19(23)15-9-10-16(12-21)17(11-15)24-3/h9-14H,4-8H2,1-3H3. The Morgan fingerprint density at radius 1 is 1.20 bits per heavy atom. The lowest BCUT2D eigenvalue weighted by molar-refractivity contribution is -0.180. The fourth-order valence-electron chi connectivity index (χ4n) is 3.01. The molecule has 2 rings (SSSR count). The van der Waals surface area contributed by atoms with Crippen molar-refractivity contribution in [3.63, 3.8) is 0 Å². The third-order valence-electron chi connectivity index (χ3n) is 4.42. The average Bonchev–Trinajstić information content (AvgIpc) is 2.65. The number of hydrogen-bond acceptors (Lipinski definition) is 5. The molecule has 0 spiro atoms. The predicted molar refractivity (Wildman–Crippen MR) is 92.4 cm³/mol. The Morgan fingerprint density at radius 2 is 1.88 bits per heavy atom. The highest BCUT2D eigenvalue weighted by Gasteiger charge is 2.30. The molecule has 1 aromatic rings. The molecule has 1 saturated carbocycles. The van der Waals surface area contributed by atoms with Gasteiger partial charge < -0.3 is 9.57 Å². The molecule has 1 amide bonds. The number of benzene rings is 1. The predicted octanol–water partition coefficient (Wildman–Crippen LogP) is 3.40. The largest absolute Gasteiger partial charge is 0.496 e. The van der Waals surface area contributed by atoms with E-state index in [1.807, 2.05) is 13.8 Å². The molecule has 0 bridgehead atoms.